The maximum Gasteiger partial charge on any atom is 0.235 e. The normalized spacial score (nSPS) is 16.6. The van der Waals surface area contributed by atoms with Crippen molar-refractivity contribution in [2.45, 2.75) is 26.0 Å². The molecular weight excluding hydrogens is 361 g/mol. The lowest BCUT2D eigenvalue weighted by molar-refractivity contribution is -0.113. The standard InChI is InChI=1S/C21H20FN3OS/c1-12-4-5-13(2)17(10-12)20-19-14(3)24-25(16-8-6-15(22)7-9-16)21(19)23-18(26)11-27-20/h4-10,20H,11H2,1-3H3,(H,23,26)/t20-/m0/s1. The van der Waals surface area contributed by atoms with Crippen LogP contribution in [0.2, 0.25) is 0 Å². The zero-order chi connectivity index (χ0) is 19.1. The molecule has 1 aliphatic heterocycles. The highest BCUT2D eigenvalue weighted by atomic mass is 32.2. The van der Waals surface area contributed by atoms with Gasteiger partial charge >= 0.3 is 0 Å². The van der Waals surface area contributed by atoms with Crippen molar-refractivity contribution in [1.82, 2.24) is 9.78 Å². The van der Waals surface area contributed by atoms with E-state index in [2.05, 4.69) is 42.5 Å². The Morgan fingerprint density at radius 2 is 1.89 bits per heavy atom. The first kappa shape index (κ1) is 17.8. The zero-order valence-electron chi connectivity index (χ0n) is 15.4. The topological polar surface area (TPSA) is 46.9 Å². The Morgan fingerprint density at radius 3 is 2.63 bits per heavy atom. The molecular formula is C21H20FN3OS. The molecule has 6 heteroatoms. The van der Waals surface area contributed by atoms with Crippen molar-refractivity contribution in [2.75, 3.05) is 11.1 Å². The van der Waals surface area contributed by atoms with Crippen LogP contribution in [0.1, 0.15) is 33.2 Å². The Kier molecular flexibility index (Phi) is 4.52. The summed E-state index contributed by atoms with van der Waals surface area (Å²) in [6.07, 6.45) is 0. The van der Waals surface area contributed by atoms with Crippen molar-refractivity contribution < 1.29 is 9.18 Å². The minimum Gasteiger partial charge on any atom is -0.310 e. The molecule has 1 amide bonds. The summed E-state index contributed by atoms with van der Waals surface area (Å²) in [6, 6.07) is 12.5. The summed E-state index contributed by atoms with van der Waals surface area (Å²) in [5.41, 5.74) is 6.14. The predicted octanol–water partition coefficient (Wildman–Crippen LogP) is 4.71. The van der Waals surface area contributed by atoms with E-state index in [1.165, 1.54) is 28.8 Å². The molecule has 1 atom stereocenters. The number of carbonyl (C=O) groups excluding carboxylic acids is 1. The number of hydrogen-bond acceptors (Lipinski definition) is 3. The molecule has 0 saturated heterocycles. The first-order valence-corrected chi connectivity index (χ1v) is 9.83. The second kappa shape index (κ2) is 6.85. The van der Waals surface area contributed by atoms with Gasteiger partial charge in [-0.3, -0.25) is 4.79 Å². The smallest absolute Gasteiger partial charge is 0.235 e. The van der Waals surface area contributed by atoms with Crippen LogP contribution in [0.3, 0.4) is 0 Å². The number of aromatic nitrogens is 2. The van der Waals surface area contributed by atoms with E-state index in [-0.39, 0.29) is 17.0 Å². The van der Waals surface area contributed by atoms with Crippen molar-refractivity contribution in [1.29, 1.82) is 0 Å². The monoisotopic (exact) mass is 381 g/mol. The molecule has 4 nitrogen and oxygen atoms in total. The first-order chi connectivity index (χ1) is 12.9. The average molecular weight is 381 g/mol. The summed E-state index contributed by atoms with van der Waals surface area (Å²) in [7, 11) is 0. The third-order valence-corrected chi connectivity index (χ3v) is 6.05. The molecule has 2 aromatic carbocycles. The van der Waals surface area contributed by atoms with Gasteiger partial charge in [0.1, 0.15) is 11.6 Å². The number of aryl methyl sites for hydroxylation is 3. The Morgan fingerprint density at radius 1 is 1.15 bits per heavy atom. The number of rotatable bonds is 2. The van der Waals surface area contributed by atoms with Crippen molar-refractivity contribution in [3.05, 3.63) is 76.2 Å². The van der Waals surface area contributed by atoms with Crippen LogP contribution in [0.5, 0.6) is 0 Å². The van der Waals surface area contributed by atoms with E-state index in [0.717, 1.165) is 11.3 Å². The Balaban J connectivity index is 1.91. The van der Waals surface area contributed by atoms with E-state index in [1.54, 1.807) is 28.6 Å². The molecule has 1 aromatic heterocycles. The molecule has 27 heavy (non-hydrogen) atoms. The van der Waals surface area contributed by atoms with Crippen molar-refractivity contribution >= 4 is 23.5 Å². The summed E-state index contributed by atoms with van der Waals surface area (Å²) >= 11 is 1.61. The van der Waals surface area contributed by atoms with Gasteiger partial charge in [-0.25, -0.2) is 9.07 Å². The molecule has 0 aliphatic carbocycles. The van der Waals surface area contributed by atoms with Crippen LogP contribution in [0.4, 0.5) is 10.2 Å². The number of carbonyl (C=O) groups is 1. The molecule has 0 saturated carbocycles. The third kappa shape index (κ3) is 3.25. The van der Waals surface area contributed by atoms with Crippen molar-refractivity contribution in [2.24, 2.45) is 0 Å². The number of nitrogens with one attached hydrogen (secondary N) is 1. The minimum absolute atomic E-state index is 0.00745. The molecule has 3 aromatic rings. The second-order valence-electron chi connectivity index (χ2n) is 6.84. The lowest BCUT2D eigenvalue weighted by Crippen LogP contribution is -2.15. The summed E-state index contributed by atoms with van der Waals surface area (Å²) < 4.78 is 15.0. The largest absolute Gasteiger partial charge is 0.310 e. The molecule has 0 bridgehead atoms. The van der Waals surface area contributed by atoms with Gasteiger partial charge in [0.15, 0.2) is 0 Å². The number of halogens is 1. The first-order valence-electron chi connectivity index (χ1n) is 8.78. The summed E-state index contributed by atoms with van der Waals surface area (Å²) in [6.45, 7) is 6.12. The number of benzene rings is 2. The van der Waals surface area contributed by atoms with Crippen LogP contribution >= 0.6 is 11.8 Å². The fourth-order valence-electron chi connectivity index (χ4n) is 3.44. The Bertz CT molecular complexity index is 1030. The highest BCUT2D eigenvalue weighted by Gasteiger charge is 2.31. The van der Waals surface area contributed by atoms with Gasteiger partial charge in [0.2, 0.25) is 5.91 Å². The molecule has 0 unspecified atom stereocenters. The fourth-order valence-corrected chi connectivity index (χ4v) is 4.71. The molecule has 138 valence electrons. The lowest BCUT2D eigenvalue weighted by Gasteiger charge is -2.18. The van der Waals surface area contributed by atoms with Gasteiger partial charge < -0.3 is 5.32 Å². The van der Waals surface area contributed by atoms with E-state index in [9.17, 15) is 9.18 Å². The SMILES string of the molecule is Cc1ccc(C)c([C@@H]2SCC(=O)Nc3c2c(C)nn3-c2ccc(F)cc2)c1. The van der Waals surface area contributed by atoms with Gasteiger partial charge in [0.05, 0.1) is 22.4 Å². The van der Waals surface area contributed by atoms with Gasteiger partial charge in [-0.1, -0.05) is 23.8 Å². The maximum atomic E-state index is 13.3. The van der Waals surface area contributed by atoms with E-state index >= 15 is 0 Å². The number of nitrogens with zero attached hydrogens (tertiary/aromatic N) is 2. The van der Waals surface area contributed by atoms with E-state index in [4.69, 9.17) is 0 Å². The summed E-state index contributed by atoms with van der Waals surface area (Å²) in [5, 5.41) is 7.68. The van der Waals surface area contributed by atoms with Crippen LogP contribution in [-0.2, 0) is 4.79 Å². The lowest BCUT2D eigenvalue weighted by atomic mass is 9.98. The third-order valence-electron chi connectivity index (χ3n) is 4.80. The predicted molar refractivity (Wildman–Crippen MR) is 107 cm³/mol. The van der Waals surface area contributed by atoms with Crippen LogP contribution < -0.4 is 5.32 Å². The molecule has 0 radical (unpaired) electrons. The number of amides is 1. The molecule has 2 heterocycles. The highest BCUT2D eigenvalue weighted by Crippen LogP contribution is 2.44. The molecule has 0 spiro atoms. The van der Waals surface area contributed by atoms with E-state index in [1.807, 2.05) is 6.92 Å². The highest BCUT2D eigenvalue weighted by molar-refractivity contribution is 8.00. The maximum absolute atomic E-state index is 13.3. The van der Waals surface area contributed by atoms with E-state index < -0.39 is 0 Å². The average Bonchev–Trinajstić information content (AvgIpc) is 2.84. The Labute approximate surface area is 161 Å². The Hall–Kier alpha value is -2.60. The fraction of sp³-hybridized carbons (Fsp3) is 0.238. The van der Waals surface area contributed by atoms with Gasteiger partial charge in [-0.2, -0.15) is 5.10 Å². The van der Waals surface area contributed by atoms with Gasteiger partial charge in [0, 0.05) is 5.56 Å². The molecule has 0 fully saturated rings. The zero-order valence-corrected chi connectivity index (χ0v) is 16.2. The van der Waals surface area contributed by atoms with Crippen LogP contribution in [0, 0.1) is 26.6 Å². The van der Waals surface area contributed by atoms with Crippen LogP contribution in [-0.4, -0.2) is 21.4 Å². The second-order valence-corrected chi connectivity index (χ2v) is 7.93. The van der Waals surface area contributed by atoms with Gasteiger partial charge in [-0.05, 0) is 56.2 Å². The molecule has 1 aliphatic rings. The van der Waals surface area contributed by atoms with Gasteiger partial charge in [0.25, 0.3) is 0 Å². The van der Waals surface area contributed by atoms with E-state index in [0.29, 0.717) is 17.3 Å². The number of fused-ring (bicyclic) bond motifs is 1. The van der Waals surface area contributed by atoms with Crippen LogP contribution in [0.25, 0.3) is 5.69 Å². The summed E-state index contributed by atoms with van der Waals surface area (Å²) in [4.78, 5) is 12.4. The number of hydrogen-bond donors (Lipinski definition) is 1. The molecule has 4 rings (SSSR count). The minimum atomic E-state index is -0.304. The number of thioether (sulfide) groups is 1. The quantitative estimate of drug-likeness (QED) is 0.699. The summed E-state index contributed by atoms with van der Waals surface area (Å²) in [5.74, 6) is 0.675. The molecule has 1 N–H and O–H groups in total. The van der Waals surface area contributed by atoms with Crippen LogP contribution in [0.15, 0.2) is 42.5 Å². The van der Waals surface area contributed by atoms with Crippen molar-refractivity contribution in [3.63, 3.8) is 0 Å². The van der Waals surface area contributed by atoms with Crippen molar-refractivity contribution in [3.8, 4) is 5.69 Å². The number of anilines is 1. The van der Waals surface area contributed by atoms with Gasteiger partial charge in [-0.15, -0.1) is 11.8 Å².